The molecule has 2 bridgehead atoms. The summed E-state index contributed by atoms with van der Waals surface area (Å²) in [4.78, 5) is 18.4. The van der Waals surface area contributed by atoms with E-state index in [1.807, 2.05) is 18.5 Å². The number of guanidine groups is 1. The molecule has 6 nitrogen and oxygen atoms in total. The van der Waals surface area contributed by atoms with E-state index in [-0.39, 0.29) is 24.0 Å². The predicted molar refractivity (Wildman–Crippen MR) is 121 cm³/mol. The molecule has 3 atom stereocenters. The zero-order valence-corrected chi connectivity index (χ0v) is 18.7. The quantitative estimate of drug-likeness (QED) is 0.396. The molecular formula is C20H33IN6. The Balaban J connectivity index is 0.00000210. The van der Waals surface area contributed by atoms with Crippen LogP contribution in [0.5, 0.6) is 0 Å². The van der Waals surface area contributed by atoms with Gasteiger partial charge in [-0.3, -0.25) is 4.99 Å². The minimum atomic E-state index is 0. The number of halogens is 1. The van der Waals surface area contributed by atoms with Crippen LogP contribution in [0.3, 0.4) is 0 Å². The number of aliphatic imine (C=N–C) groups is 1. The fourth-order valence-electron chi connectivity index (χ4n) is 5.06. The highest BCUT2D eigenvalue weighted by molar-refractivity contribution is 14.0. The molecule has 2 saturated carbocycles. The van der Waals surface area contributed by atoms with Crippen molar-refractivity contribution in [2.45, 2.75) is 39.0 Å². The largest absolute Gasteiger partial charge is 0.357 e. The highest BCUT2D eigenvalue weighted by Crippen LogP contribution is 2.49. The zero-order chi connectivity index (χ0) is 17.8. The molecule has 2 heterocycles. The lowest BCUT2D eigenvalue weighted by Gasteiger charge is -2.36. The van der Waals surface area contributed by atoms with E-state index in [9.17, 15) is 0 Å². The number of hydrogen-bond acceptors (Lipinski definition) is 4. The van der Waals surface area contributed by atoms with Crippen molar-refractivity contribution in [1.82, 2.24) is 20.2 Å². The Bertz CT molecular complexity index is 602. The van der Waals surface area contributed by atoms with Crippen molar-refractivity contribution in [3.63, 3.8) is 0 Å². The van der Waals surface area contributed by atoms with E-state index in [2.05, 4.69) is 32.0 Å². The summed E-state index contributed by atoms with van der Waals surface area (Å²) in [5.74, 6) is 4.91. The van der Waals surface area contributed by atoms with E-state index in [0.29, 0.717) is 0 Å². The van der Waals surface area contributed by atoms with Crippen LogP contribution in [-0.2, 0) is 0 Å². The number of anilines is 1. The van der Waals surface area contributed by atoms with Gasteiger partial charge < -0.3 is 15.1 Å². The summed E-state index contributed by atoms with van der Waals surface area (Å²) in [6.45, 7) is 7.88. The van der Waals surface area contributed by atoms with Crippen LogP contribution in [0, 0.1) is 17.8 Å². The minimum Gasteiger partial charge on any atom is -0.357 e. The van der Waals surface area contributed by atoms with Gasteiger partial charge in [0.05, 0.1) is 0 Å². The van der Waals surface area contributed by atoms with Gasteiger partial charge in [-0.05, 0) is 56.4 Å². The Morgan fingerprint density at radius 3 is 2.56 bits per heavy atom. The van der Waals surface area contributed by atoms with E-state index < -0.39 is 0 Å². The van der Waals surface area contributed by atoms with Gasteiger partial charge in [0.15, 0.2) is 5.96 Å². The van der Waals surface area contributed by atoms with E-state index in [1.54, 1.807) is 0 Å². The Hall–Kier alpha value is -1.12. The molecule has 0 radical (unpaired) electrons. The van der Waals surface area contributed by atoms with Gasteiger partial charge in [-0.15, -0.1) is 24.0 Å². The second-order valence-corrected chi connectivity index (χ2v) is 7.98. The zero-order valence-electron chi connectivity index (χ0n) is 16.4. The molecule has 3 fully saturated rings. The van der Waals surface area contributed by atoms with Gasteiger partial charge in [-0.25, -0.2) is 9.97 Å². The van der Waals surface area contributed by atoms with Crippen LogP contribution in [0.4, 0.5) is 5.95 Å². The van der Waals surface area contributed by atoms with E-state index in [0.717, 1.165) is 68.9 Å². The average Bonchev–Trinajstić information content (AvgIpc) is 3.31. The topological polar surface area (TPSA) is 56.7 Å². The maximum absolute atomic E-state index is 4.96. The third-order valence-corrected chi connectivity index (χ3v) is 6.40. The molecule has 0 spiro atoms. The molecule has 3 aliphatic rings. The fraction of sp³-hybridized carbons (Fsp3) is 0.750. The van der Waals surface area contributed by atoms with Crippen molar-refractivity contribution in [2.24, 2.45) is 22.7 Å². The molecule has 1 saturated heterocycles. The molecular weight excluding hydrogens is 451 g/mol. The van der Waals surface area contributed by atoms with Gasteiger partial charge in [0.2, 0.25) is 5.95 Å². The molecule has 1 aromatic heterocycles. The molecule has 3 unspecified atom stereocenters. The third-order valence-electron chi connectivity index (χ3n) is 6.40. The second-order valence-electron chi connectivity index (χ2n) is 7.98. The molecule has 1 aromatic rings. The molecule has 2 aliphatic carbocycles. The van der Waals surface area contributed by atoms with Crippen LogP contribution in [0.25, 0.3) is 0 Å². The normalized spacial score (nSPS) is 27.6. The van der Waals surface area contributed by atoms with Crippen LogP contribution in [0.15, 0.2) is 23.5 Å². The Morgan fingerprint density at radius 2 is 1.93 bits per heavy atom. The van der Waals surface area contributed by atoms with E-state index >= 15 is 0 Å². The lowest BCUT2D eigenvalue weighted by atomic mass is 9.86. The van der Waals surface area contributed by atoms with Crippen LogP contribution in [0.2, 0.25) is 0 Å². The Labute approximate surface area is 180 Å². The highest BCUT2D eigenvalue weighted by atomic mass is 127. The van der Waals surface area contributed by atoms with Crippen LogP contribution in [-0.4, -0.2) is 60.1 Å². The van der Waals surface area contributed by atoms with Crippen molar-refractivity contribution in [3.8, 4) is 0 Å². The first-order valence-electron chi connectivity index (χ1n) is 10.4. The number of nitrogens with one attached hydrogen (secondary N) is 1. The van der Waals surface area contributed by atoms with Gasteiger partial charge >= 0.3 is 0 Å². The maximum Gasteiger partial charge on any atom is 0.225 e. The second kappa shape index (κ2) is 9.89. The lowest BCUT2D eigenvalue weighted by Crippen LogP contribution is -2.53. The van der Waals surface area contributed by atoms with Gasteiger partial charge in [0.1, 0.15) is 0 Å². The van der Waals surface area contributed by atoms with Crippen molar-refractivity contribution in [3.05, 3.63) is 18.5 Å². The summed E-state index contributed by atoms with van der Waals surface area (Å²) in [6, 6.07) is 1.87. The van der Waals surface area contributed by atoms with Crippen LogP contribution >= 0.6 is 24.0 Å². The number of nitrogens with zero attached hydrogens (tertiary/aromatic N) is 5. The van der Waals surface area contributed by atoms with E-state index in [1.165, 1.54) is 32.1 Å². The first-order valence-corrected chi connectivity index (χ1v) is 10.4. The Morgan fingerprint density at radius 1 is 1.15 bits per heavy atom. The standard InChI is InChI=1S/C20H32N6.HI/c1-2-21-19(24-9-6-18-15-16-4-5-17(18)14-16)25-10-12-26(13-11-25)20-22-7-3-8-23-20;/h3,7-8,16-18H,2,4-6,9-15H2,1H3,(H,21,24);1H. The van der Waals surface area contributed by atoms with Crippen molar-refractivity contribution in [1.29, 1.82) is 0 Å². The number of rotatable bonds is 5. The molecule has 0 amide bonds. The summed E-state index contributed by atoms with van der Waals surface area (Å²) in [5, 5.41) is 3.49. The van der Waals surface area contributed by atoms with Crippen LogP contribution in [0.1, 0.15) is 39.0 Å². The monoisotopic (exact) mass is 484 g/mol. The number of piperazine rings is 1. The summed E-state index contributed by atoms with van der Waals surface area (Å²) in [7, 11) is 0. The molecule has 1 aliphatic heterocycles. The third kappa shape index (κ3) is 5.03. The van der Waals surface area contributed by atoms with Crippen molar-refractivity contribution < 1.29 is 0 Å². The molecule has 0 aromatic carbocycles. The van der Waals surface area contributed by atoms with Crippen molar-refractivity contribution in [2.75, 3.05) is 44.2 Å². The maximum atomic E-state index is 4.96. The number of fused-ring (bicyclic) bond motifs is 2. The summed E-state index contributed by atoms with van der Waals surface area (Å²) >= 11 is 0. The molecule has 150 valence electrons. The summed E-state index contributed by atoms with van der Waals surface area (Å²) < 4.78 is 0. The van der Waals surface area contributed by atoms with Gasteiger partial charge in [0.25, 0.3) is 0 Å². The first kappa shape index (κ1) is 20.6. The van der Waals surface area contributed by atoms with Gasteiger partial charge in [-0.2, -0.15) is 0 Å². The molecule has 4 rings (SSSR count). The molecule has 7 heteroatoms. The Kier molecular flexibility index (Phi) is 7.55. The van der Waals surface area contributed by atoms with Crippen LogP contribution < -0.4 is 10.2 Å². The minimum absolute atomic E-state index is 0. The highest BCUT2D eigenvalue weighted by Gasteiger charge is 2.38. The smallest absolute Gasteiger partial charge is 0.225 e. The average molecular weight is 484 g/mol. The van der Waals surface area contributed by atoms with Gasteiger partial charge in [-0.1, -0.05) is 6.42 Å². The molecule has 27 heavy (non-hydrogen) atoms. The summed E-state index contributed by atoms with van der Waals surface area (Å²) in [5.41, 5.74) is 0. The SMILES string of the molecule is CCNC(=NCCC1CC2CCC1C2)N1CCN(c2ncccn2)CC1.I. The van der Waals surface area contributed by atoms with E-state index in [4.69, 9.17) is 4.99 Å². The summed E-state index contributed by atoms with van der Waals surface area (Å²) in [6.07, 6.45) is 10.8. The van der Waals surface area contributed by atoms with Gasteiger partial charge in [0, 0.05) is 51.7 Å². The lowest BCUT2D eigenvalue weighted by molar-refractivity contribution is 0.317. The first-order chi connectivity index (χ1) is 12.8. The number of aromatic nitrogens is 2. The van der Waals surface area contributed by atoms with Crippen molar-refractivity contribution >= 4 is 35.9 Å². The number of hydrogen-bond donors (Lipinski definition) is 1. The molecule has 1 N–H and O–H groups in total. The predicted octanol–water partition coefficient (Wildman–Crippen LogP) is 3.01. The fourth-order valence-corrected chi connectivity index (χ4v) is 5.06.